The number of nitrogens with one attached hydrogen (secondary N) is 1. The van der Waals surface area contributed by atoms with Gasteiger partial charge in [-0.3, -0.25) is 0 Å². The van der Waals surface area contributed by atoms with Crippen molar-refractivity contribution in [3.63, 3.8) is 0 Å². The summed E-state index contributed by atoms with van der Waals surface area (Å²) in [4.78, 5) is 2.30. The Bertz CT molecular complexity index is 406. The van der Waals surface area contributed by atoms with Crippen LogP contribution in [0, 0.1) is 11.3 Å². The maximum Gasteiger partial charge on any atom is 0.102 e. The molecule has 92 valence electrons. The summed E-state index contributed by atoms with van der Waals surface area (Å²) >= 11 is 0. The minimum absolute atomic E-state index is 0. The molecule has 17 heavy (non-hydrogen) atoms. The molecule has 0 unspecified atom stereocenters. The van der Waals surface area contributed by atoms with Crippen molar-refractivity contribution in [2.24, 2.45) is 0 Å². The summed E-state index contributed by atoms with van der Waals surface area (Å²) in [7, 11) is 0. The Morgan fingerprint density at radius 2 is 2.06 bits per heavy atom. The van der Waals surface area contributed by atoms with Gasteiger partial charge in [-0.15, -0.1) is 12.4 Å². The average Bonchev–Trinajstić information content (AvgIpc) is 2.38. The molecule has 0 aliphatic carbocycles. The van der Waals surface area contributed by atoms with Gasteiger partial charge in [-0.25, -0.2) is 0 Å². The summed E-state index contributed by atoms with van der Waals surface area (Å²) in [5.74, 6) is 0. The Morgan fingerprint density at radius 1 is 1.35 bits per heavy atom. The van der Waals surface area contributed by atoms with Crippen LogP contribution >= 0.6 is 12.4 Å². The fourth-order valence-corrected chi connectivity index (χ4v) is 2.18. The largest absolute Gasteiger partial charge is 0.368 e. The molecule has 1 aromatic rings. The van der Waals surface area contributed by atoms with Gasteiger partial charge in [0.25, 0.3) is 0 Å². The van der Waals surface area contributed by atoms with E-state index < -0.39 is 0 Å². The summed E-state index contributed by atoms with van der Waals surface area (Å²) in [6.07, 6.45) is 0.919. The van der Waals surface area contributed by atoms with Crippen molar-refractivity contribution in [3.05, 3.63) is 29.3 Å². The summed E-state index contributed by atoms with van der Waals surface area (Å²) in [5.41, 5.74) is 3.11. The summed E-state index contributed by atoms with van der Waals surface area (Å²) in [5, 5.41) is 12.6. The molecule has 0 aromatic heterocycles. The number of rotatable bonds is 2. The lowest BCUT2D eigenvalue weighted by Crippen LogP contribution is -2.43. The van der Waals surface area contributed by atoms with Gasteiger partial charge < -0.3 is 10.2 Å². The molecule has 1 aromatic carbocycles. The number of hydrogen-bond donors (Lipinski definition) is 1. The van der Waals surface area contributed by atoms with Crippen LogP contribution in [0.2, 0.25) is 0 Å². The summed E-state index contributed by atoms with van der Waals surface area (Å²) in [6, 6.07) is 8.51. The van der Waals surface area contributed by atoms with Crippen LogP contribution in [0.4, 0.5) is 5.69 Å². The standard InChI is InChI=1S/C13H17N3.ClH/c1-2-11-4-3-5-13(12(11)10-14)16-8-6-15-7-9-16;/h3-5,15H,2,6-9H2,1H3;1H. The van der Waals surface area contributed by atoms with Crippen LogP contribution in [0.25, 0.3) is 0 Å². The first-order valence-electron chi connectivity index (χ1n) is 5.84. The predicted molar refractivity (Wildman–Crippen MR) is 72.9 cm³/mol. The molecule has 0 bridgehead atoms. The number of nitriles is 1. The van der Waals surface area contributed by atoms with E-state index in [1.165, 1.54) is 0 Å². The van der Waals surface area contributed by atoms with Crippen LogP contribution in [0.15, 0.2) is 18.2 Å². The molecule has 0 atom stereocenters. The molecule has 0 saturated carbocycles. The van der Waals surface area contributed by atoms with Crippen LogP contribution in [0.1, 0.15) is 18.1 Å². The second-order valence-electron chi connectivity index (χ2n) is 4.01. The number of aryl methyl sites for hydroxylation is 1. The van der Waals surface area contributed by atoms with Gasteiger partial charge in [-0.2, -0.15) is 5.26 Å². The van der Waals surface area contributed by atoms with Crippen LogP contribution < -0.4 is 10.2 Å². The minimum atomic E-state index is 0. The maximum absolute atomic E-state index is 9.27. The molecule has 1 saturated heterocycles. The molecule has 0 radical (unpaired) electrons. The lowest BCUT2D eigenvalue weighted by Gasteiger charge is -2.30. The zero-order valence-corrected chi connectivity index (χ0v) is 10.9. The van der Waals surface area contributed by atoms with E-state index in [0.717, 1.165) is 49.4 Å². The molecule has 1 heterocycles. The van der Waals surface area contributed by atoms with Crippen molar-refractivity contribution in [2.45, 2.75) is 13.3 Å². The molecule has 4 heteroatoms. The van der Waals surface area contributed by atoms with Crippen molar-refractivity contribution in [1.82, 2.24) is 5.32 Å². The fourth-order valence-electron chi connectivity index (χ4n) is 2.18. The van der Waals surface area contributed by atoms with Gasteiger partial charge in [0.15, 0.2) is 0 Å². The third kappa shape index (κ3) is 2.91. The molecule has 1 aliphatic rings. The quantitative estimate of drug-likeness (QED) is 0.873. The molecule has 3 nitrogen and oxygen atoms in total. The maximum atomic E-state index is 9.27. The van der Waals surface area contributed by atoms with Crippen LogP contribution in [0.3, 0.4) is 0 Å². The number of anilines is 1. The summed E-state index contributed by atoms with van der Waals surface area (Å²) < 4.78 is 0. The van der Waals surface area contributed by atoms with Gasteiger partial charge in [-0.05, 0) is 18.1 Å². The van der Waals surface area contributed by atoms with Crippen molar-refractivity contribution in [2.75, 3.05) is 31.1 Å². The lowest BCUT2D eigenvalue weighted by atomic mass is 10.0. The van der Waals surface area contributed by atoms with E-state index in [9.17, 15) is 5.26 Å². The number of halogens is 1. The van der Waals surface area contributed by atoms with Crippen molar-refractivity contribution in [3.8, 4) is 6.07 Å². The smallest absolute Gasteiger partial charge is 0.102 e. The molecule has 1 N–H and O–H groups in total. The SMILES string of the molecule is CCc1cccc(N2CCNCC2)c1C#N.Cl. The molecule has 1 aliphatic heterocycles. The zero-order valence-electron chi connectivity index (χ0n) is 10.1. The Morgan fingerprint density at radius 3 is 2.65 bits per heavy atom. The van der Waals surface area contributed by atoms with Gasteiger partial charge in [0.05, 0.1) is 11.3 Å². The number of hydrogen-bond acceptors (Lipinski definition) is 3. The van der Waals surface area contributed by atoms with Crippen LogP contribution in [-0.4, -0.2) is 26.2 Å². The number of nitrogens with zero attached hydrogens (tertiary/aromatic N) is 2. The first kappa shape index (κ1) is 13.8. The highest BCUT2D eigenvalue weighted by atomic mass is 35.5. The minimum Gasteiger partial charge on any atom is -0.368 e. The van der Waals surface area contributed by atoms with E-state index >= 15 is 0 Å². The Balaban J connectivity index is 0.00000144. The molecule has 2 rings (SSSR count). The molecular formula is C13H18ClN3. The van der Waals surface area contributed by atoms with E-state index in [2.05, 4.69) is 35.3 Å². The Labute approximate surface area is 109 Å². The molecule has 0 spiro atoms. The third-order valence-electron chi connectivity index (χ3n) is 3.08. The first-order chi connectivity index (χ1) is 7.86. The Kier molecular flexibility index (Phi) is 5.27. The second-order valence-corrected chi connectivity index (χ2v) is 4.01. The zero-order chi connectivity index (χ0) is 11.4. The topological polar surface area (TPSA) is 39.1 Å². The van der Waals surface area contributed by atoms with E-state index in [-0.39, 0.29) is 12.4 Å². The van der Waals surface area contributed by atoms with Crippen LogP contribution in [0.5, 0.6) is 0 Å². The number of piperazine rings is 1. The summed E-state index contributed by atoms with van der Waals surface area (Å²) in [6.45, 7) is 6.07. The Hall–Kier alpha value is -1.24. The predicted octanol–water partition coefficient (Wildman–Crippen LogP) is 1.95. The van der Waals surface area contributed by atoms with Gasteiger partial charge in [0.1, 0.15) is 6.07 Å². The highest BCUT2D eigenvalue weighted by molar-refractivity contribution is 5.85. The van der Waals surface area contributed by atoms with E-state index in [0.29, 0.717) is 0 Å². The molecule has 1 fully saturated rings. The van der Waals surface area contributed by atoms with Gasteiger partial charge in [0, 0.05) is 26.2 Å². The first-order valence-corrected chi connectivity index (χ1v) is 5.84. The normalized spacial score (nSPS) is 14.9. The second kappa shape index (κ2) is 6.48. The number of benzene rings is 1. The van der Waals surface area contributed by atoms with E-state index in [4.69, 9.17) is 0 Å². The van der Waals surface area contributed by atoms with Crippen LogP contribution in [-0.2, 0) is 6.42 Å². The average molecular weight is 252 g/mol. The fraction of sp³-hybridized carbons (Fsp3) is 0.462. The molecule has 0 amide bonds. The molecular weight excluding hydrogens is 234 g/mol. The highest BCUT2D eigenvalue weighted by Crippen LogP contribution is 2.23. The van der Waals surface area contributed by atoms with Crippen molar-refractivity contribution < 1.29 is 0 Å². The van der Waals surface area contributed by atoms with Crippen molar-refractivity contribution in [1.29, 1.82) is 5.26 Å². The van der Waals surface area contributed by atoms with Gasteiger partial charge in [-0.1, -0.05) is 19.1 Å². The van der Waals surface area contributed by atoms with Gasteiger partial charge >= 0.3 is 0 Å². The highest BCUT2D eigenvalue weighted by Gasteiger charge is 2.15. The van der Waals surface area contributed by atoms with E-state index in [1.807, 2.05) is 6.07 Å². The van der Waals surface area contributed by atoms with E-state index in [1.54, 1.807) is 0 Å². The monoisotopic (exact) mass is 251 g/mol. The van der Waals surface area contributed by atoms with Crippen molar-refractivity contribution >= 4 is 18.1 Å². The van der Waals surface area contributed by atoms with Gasteiger partial charge in [0.2, 0.25) is 0 Å². The lowest BCUT2D eigenvalue weighted by molar-refractivity contribution is 0.589. The third-order valence-corrected chi connectivity index (χ3v) is 3.08.